The molecule has 1 aromatic rings. The highest BCUT2D eigenvalue weighted by molar-refractivity contribution is 5.73. The van der Waals surface area contributed by atoms with Gasteiger partial charge < -0.3 is 9.42 Å². The fraction of sp³-hybridized carbons (Fsp3) is 0.700. The maximum Gasteiger partial charge on any atom is 0.231 e. The number of nitrogens with zero attached hydrogens (tertiary/aromatic N) is 3. The summed E-state index contributed by atoms with van der Waals surface area (Å²) < 4.78 is 5.13. The van der Waals surface area contributed by atoms with E-state index in [9.17, 15) is 4.79 Å². The molecule has 1 aliphatic rings. The highest BCUT2D eigenvalue weighted by atomic mass is 16.5. The van der Waals surface area contributed by atoms with Crippen LogP contribution in [0.1, 0.15) is 37.4 Å². The number of amides is 1. The normalized spacial score (nSPS) is 21.7. The summed E-state index contributed by atoms with van der Waals surface area (Å²) in [5.74, 6) is 1.66. The molecule has 1 amide bonds. The fourth-order valence-corrected chi connectivity index (χ4v) is 1.94. The van der Waals surface area contributed by atoms with Crippen LogP contribution in [0.4, 0.5) is 0 Å². The Balaban J connectivity index is 2.07. The first-order valence-electron chi connectivity index (χ1n) is 5.22. The molecule has 1 unspecified atom stereocenters. The van der Waals surface area contributed by atoms with Crippen molar-refractivity contribution in [2.75, 3.05) is 13.1 Å². The van der Waals surface area contributed by atoms with Crippen molar-refractivity contribution in [3.05, 3.63) is 11.7 Å². The molecule has 0 radical (unpaired) electrons. The molecule has 1 aromatic heterocycles. The Morgan fingerprint density at radius 1 is 1.60 bits per heavy atom. The molecule has 5 nitrogen and oxygen atoms in total. The van der Waals surface area contributed by atoms with E-state index in [4.69, 9.17) is 4.52 Å². The molecule has 1 fully saturated rings. The summed E-state index contributed by atoms with van der Waals surface area (Å²) in [4.78, 5) is 17.3. The summed E-state index contributed by atoms with van der Waals surface area (Å²) in [7, 11) is 0. The quantitative estimate of drug-likeness (QED) is 0.695. The monoisotopic (exact) mass is 209 g/mol. The number of piperidine rings is 1. The molecule has 0 spiro atoms. The summed E-state index contributed by atoms with van der Waals surface area (Å²) in [5.41, 5.74) is 0. The van der Waals surface area contributed by atoms with Gasteiger partial charge in [0, 0.05) is 20.0 Å². The zero-order chi connectivity index (χ0) is 10.8. The zero-order valence-corrected chi connectivity index (χ0v) is 9.06. The third-order valence-corrected chi connectivity index (χ3v) is 2.76. The predicted octanol–water partition coefficient (Wildman–Crippen LogP) is 1.10. The van der Waals surface area contributed by atoms with Gasteiger partial charge in [-0.05, 0) is 19.8 Å². The van der Waals surface area contributed by atoms with Crippen molar-refractivity contribution in [3.8, 4) is 0 Å². The fourth-order valence-electron chi connectivity index (χ4n) is 1.94. The number of rotatable bonds is 1. The molecule has 0 aliphatic carbocycles. The Kier molecular flexibility index (Phi) is 2.70. The Morgan fingerprint density at radius 2 is 2.40 bits per heavy atom. The van der Waals surface area contributed by atoms with Crippen molar-refractivity contribution >= 4 is 5.91 Å². The number of carbonyl (C=O) groups excluding carboxylic acids is 1. The molecule has 1 atom stereocenters. The lowest BCUT2D eigenvalue weighted by molar-refractivity contribution is -0.130. The molecule has 1 saturated heterocycles. The van der Waals surface area contributed by atoms with Crippen LogP contribution < -0.4 is 0 Å². The number of carbonyl (C=O) groups is 1. The SMILES string of the molecule is CC(=O)N1CCCC(c2nc(C)no2)C1. The van der Waals surface area contributed by atoms with Gasteiger partial charge in [-0.2, -0.15) is 4.98 Å². The van der Waals surface area contributed by atoms with E-state index in [1.165, 1.54) is 0 Å². The van der Waals surface area contributed by atoms with Crippen LogP contribution in [0.5, 0.6) is 0 Å². The minimum atomic E-state index is 0.121. The number of aromatic nitrogens is 2. The van der Waals surface area contributed by atoms with Crippen LogP contribution >= 0.6 is 0 Å². The maximum atomic E-state index is 11.2. The van der Waals surface area contributed by atoms with E-state index >= 15 is 0 Å². The van der Waals surface area contributed by atoms with Gasteiger partial charge in [-0.3, -0.25) is 4.79 Å². The van der Waals surface area contributed by atoms with Crippen LogP contribution in [0.3, 0.4) is 0 Å². The smallest absolute Gasteiger partial charge is 0.231 e. The standard InChI is InChI=1S/C10H15N3O2/c1-7-11-10(15-12-7)9-4-3-5-13(6-9)8(2)14/h9H,3-6H2,1-2H3. The molecule has 0 saturated carbocycles. The lowest BCUT2D eigenvalue weighted by Crippen LogP contribution is -2.37. The van der Waals surface area contributed by atoms with Gasteiger partial charge >= 0.3 is 0 Å². The van der Waals surface area contributed by atoms with Crippen LogP contribution in [0.2, 0.25) is 0 Å². The van der Waals surface area contributed by atoms with Crippen molar-refractivity contribution in [2.45, 2.75) is 32.6 Å². The van der Waals surface area contributed by atoms with E-state index in [0.717, 1.165) is 19.4 Å². The van der Waals surface area contributed by atoms with Crippen molar-refractivity contribution in [3.63, 3.8) is 0 Å². The third kappa shape index (κ3) is 2.16. The van der Waals surface area contributed by atoms with Crippen LogP contribution in [0, 0.1) is 6.92 Å². The summed E-state index contributed by atoms with van der Waals surface area (Å²) in [6, 6.07) is 0. The summed E-state index contributed by atoms with van der Waals surface area (Å²) in [6.45, 7) is 4.95. The average molecular weight is 209 g/mol. The average Bonchev–Trinajstić information content (AvgIpc) is 2.65. The van der Waals surface area contributed by atoms with Crippen molar-refractivity contribution in [1.82, 2.24) is 15.0 Å². The van der Waals surface area contributed by atoms with Crippen molar-refractivity contribution in [2.24, 2.45) is 0 Å². The lowest BCUT2D eigenvalue weighted by atomic mass is 9.98. The van der Waals surface area contributed by atoms with Gasteiger partial charge in [0.1, 0.15) is 0 Å². The van der Waals surface area contributed by atoms with Crippen LogP contribution in [-0.2, 0) is 4.79 Å². The van der Waals surface area contributed by atoms with Gasteiger partial charge in [-0.15, -0.1) is 0 Å². The molecular weight excluding hydrogens is 194 g/mol. The first kappa shape index (κ1) is 10.1. The molecule has 82 valence electrons. The summed E-state index contributed by atoms with van der Waals surface area (Å²) in [5, 5.41) is 3.77. The molecule has 0 N–H and O–H groups in total. The Bertz CT molecular complexity index is 361. The van der Waals surface area contributed by atoms with Crippen molar-refractivity contribution in [1.29, 1.82) is 0 Å². The lowest BCUT2D eigenvalue weighted by Gasteiger charge is -2.29. The van der Waals surface area contributed by atoms with Gasteiger partial charge in [0.15, 0.2) is 5.82 Å². The molecule has 0 aromatic carbocycles. The number of likely N-dealkylation sites (tertiary alicyclic amines) is 1. The summed E-state index contributed by atoms with van der Waals surface area (Å²) in [6.07, 6.45) is 2.02. The first-order chi connectivity index (χ1) is 7.16. The van der Waals surface area contributed by atoms with E-state index in [2.05, 4.69) is 10.1 Å². The van der Waals surface area contributed by atoms with E-state index in [1.807, 2.05) is 4.90 Å². The van der Waals surface area contributed by atoms with Crippen LogP contribution in [0.25, 0.3) is 0 Å². The van der Waals surface area contributed by atoms with Gasteiger partial charge in [-0.1, -0.05) is 5.16 Å². The number of hydrogen-bond donors (Lipinski definition) is 0. The Labute approximate surface area is 88.5 Å². The highest BCUT2D eigenvalue weighted by Crippen LogP contribution is 2.25. The van der Waals surface area contributed by atoms with Gasteiger partial charge in [0.25, 0.3) is 0 Å². The summed E-state index contributed by atoms with van der Waals surface area (Å²) >= 11 is 0. The Hall–Kier alpha value is -1.39. The van der Waals surface area contributed by atoms with Crippen molar-refractivity contribution < 1.29 is 9.32 Å². The van der Waals surface area contributed by atoms with Gasteiger partial charge in [-0.25, -0.2) is 0 Å². The molecule has 5 heteroatoms. The van der Waals surface area contributed by atoms with E-state index in [0.29, 0.717) is 18.3 Å². The molecule has 15 heavy (non-hydrogen) atoms. The van der Waals surface area contributed by atoms with Gasteiger partial charge in [0.05, 0.1) is 5.92 Å². The molecule has 2 rings (SSSR count). The molecule has 1 aliphatic heterocycles. The van der Waals surface area contributed by atoms with Crippen LogP contribution in [-0.4, -0.2) is 34.0 Å². The second-order valence-corrected chi connectivity index (χ2v) is 3.98. The minimum absolute atomic E-state index is 0.121. The van der Waals surface area contributed by atoms with E-state index in [-0.39, 0.29) is 11.8 Å². The van der Waals surface area contributed by atoms with Crippen LogP contribution in [0.15, 0.2) is 4.52 Å². The Morgan fingerprint density at radius 3 is 3.00 bits per heavy atom. The van der Waals surface area contributed by atoms with E-state index < -0.39 is 0 Å². The largest absolute Gasteiger partial charge is 0.342 e. The highest BCUT2D eigenvalue weighted by Gasteiger charge is 2.26. The van der Waals surface area contributed by atoms with Gasteiger partial charge in [0.2, 0.25) is 11.8 Å². The second kappa shape index (κ2) is 4.00. The number of aryl methyl sites for hydroxylation is 1. The first-order valence-corrected chi connectivity index (χ1v) is 5.22. The predicted molar refractivity (Wildman–Crippen MR) is 53.3 cm³/mol. The minimum Gasteiger partial charge on any atom is -0.342 e. The molecule has 2 heterocycles. The second-order valence-electron chi connectivity index (χ2n) is 3.98. The number of hydrogen-bond acceptors (Lipinski definition) is 4. The maximum absolute atomic E-state index is 11.2. The van der Waals surface area contributed by atoms with E-state index in [1.54, 1.807) is 13.8 Å². The zero-order valence-electron chi connectivity index (χ0n) is 9.06. The topological polar surface area (TPSA) is 59.2 Å². The molecule has 0 bridgehead atoms. The third-order valence-electron chi connectivity index (χ3n) is 2.76. The molecular formula is C10H15N3O2.